The van der Waals surface area contributed by atoms with E-state index in [1.165, 1.54) is 6.07 Å². The van der Waals surface area contributed by atoms with Crippen LogP contribution in [0.15, 0.2) is 21.7 Å². The number of hydrogen-bond donors (Lipinski definition) is 2. The van der Waals surface area contributed by atoms with Crippen molar-refractivity contribution in [2.45, 2.75) is 10.6 Å². The van der Waals surface area contributed by atoms with Gasteiger partial charge in [0, 0.05) is 38.6 Å². The Hall–Kier alpha value is -0.960. The van der Waals surface area contributed by atoms with E-state index in [2.05, 4.69) is 4.72 Å². The molecule has 1 aliphatic rings. The van der Waals surface area contributed by atoms with Crippen molar-refractivity contribution in [3.8, 4) is 0 Å². The van der Waals surface area contributed by atoms with Crippen LogP contribution in [0.25, 0.3) is 0 Å². The first-order valence-electron chi connectivity index (χ1n) is 5.95. The normalized spacial score (nSPS) is 16.4. The summed E-state index contributed by atoms with van der Waals surface area (Å²) < 4.78 is 26.2. The third kappa shape index (κ3) is 3.53. The molecule has 0 spiro atoms. The summed E-state index contributed by atoms with van der Waals surface area (Å²) in [6.07, 6.45) is 0.142. The number of nitrogens with one attached hydrogen (secondary N) is 1. The molecule has 1 saturated heterocycles. The summed E-state index contributed by atoms with van der Waals surface area (Å²) in [6, 6.07) is 3.19. The van der Waals surface area contributed by atoms with Crippen molar-refractivity contribution in [2.24, 2.45) is 5.92 Å². The van der Waals surface area contributed by atoms with Crippen molar-refractivity contribution in [3.05, 3.63) is 17.5 Å². The molecular weight excluding hydrogens is 288 g/mol. The predicted octanol–water partition coefficient (Wildman–Crippen LogP) is -0.133. The molecule has 1 aromatic heterocycles. The molecule has 2 heterocycles. The second kappa shape index (κ2) is 6.00. The predicted molar refractivity (Wildman–Crippen MR) is 71.3 cm³/mol. The average molecular weight is 304 g/mol. The highest BCUT2D eigenvalue weighted by atomic mass is 32.2. The van der Waals surface area contributed by atoms with Gasteiger partial charge in [0.2, 0.25) is 15.9 Å². The summed E-state index contributed by atoms with van der Waals surface area (Å²) in [5.74, 6) is 0.0883. The molecule has 1 aliphatic heterocycles. The zero-order valence-electron chi connectivity index (χ0n) is 10.3. The van der Waals surface area contributed by atoms with Gasteiger partial charge in [-0.3, -0.25) is 4.79 Å². The Morgan fingerprint density at radius 3 is 2.84 bits per heavy atom. The van der Waals surface area contributed by atoms with E-state index >= 15 is 0 Å². The van der Waals surface area contributed by atoms with Crippen LogP contribution >= 0.6 is 11.3 Å². The number of nitrogens with zero attached hydrogens (tertiary/aromatic N) is 1. The zero-order chi connectivity index (χ0) is 13.9. The van der Waals surface area contributed by atoms with E-state index in [1.54, 1.807) is 16.3 Å². The number of thiophene rings is 1. The van der Waals surface area contributed by atoms with Crippen LogP contribution in [0.5, 0.6) is 0 Å². The maximum absolute atomic E-state index is 11.8. The fourth-order valence-electron chi connectivity index (χ4n) is 1.83. The monoisotopic (exact) mass is 304 g/mol. The Bertz CT molecular complexity index is 521. The number of carbonyl (C=O) groups is 1. The highest BCUT2D eigenvalue weighted by molar-refractivity contribution is 7.91. The Labute approximate surface area is 116 Å². The van der Waals surface area contributed by atoms with Gasteiger partial charge < -0.3 is 10.0 Å². The lowest BCUT2D eigenvalue weighted by Gasteiger charge is -2.38. The standard InChI is InChI=1S/C11H16N2O4S2/c14-8-9-6-13(7-9)10(15)3-4-12-19(16,17)11-2-1-5-18-11/h1-2,5,9,12,14H,3-4,6-8H2. The molecule has 2 N–H and O–H groups in total. The summed E-state index contributed by atoms with van der Waals surface area (Å²) in [5, 5.41) is 10.5. The van der Waals surface area contributed by atoms with Crippen molar-refractivity contribution >= 4 is 27.3 Å². The minimum Gasteiger partial charge on any atom is -0.396 e. The van der Waals surface area contributed by atoms with Gasteiger partial charge in [0.1, 0.15) is 4.21 Å². The van der Waals surface area contributed by atoms with Gasteiger partial charge in [0.15, 0.2) is 0 Å². The highest BCUT2D eigenvalue weighted by Crippen LogP contribution is 2.17. The van der Waals surface area contributed by atoms with Crippen LogP contribution in [-0.2, 0) is 14.8 Å². The number of hydrogen-bond acceptors (Lipinski definition) is 5. The van der Waals surface area contributed by atoms with E-state index in [0.717, 1.165) is 11.3 Å². The smallest absolute Gasteiger partial charge is 0.250 e. The largest absolute Gasteiger partial charge is 0.396 e. The first-order valence-corrected chi connectivity index (χ1v) is 8.31. The van der Waals surface area contributed by atoms with Gasteiger partial charge in [-0.25, -0.2) is 13.1 Å². The molecule has 1 aromatic rings. The van der Waals surface area contributed by atoms with Crippen molar-refractivity contribution in [1.82, 2.24) is 9.62 Å². The molecule has 1 amide bonds. The second-order valence-corrected chi connectivity index (χ2v) is 7.37. The third-order valence-electron chi connectivity index (χ3n) is 2.96. The Balaban J connectivity index is 1.74. The molecule has 8 heteroatoms. The number of amides is 1. The van der Waals surface area contributed by atoms with E-state index in [9.17, 15) is 13.2 Å². The van der Waals surface area contributed by atoms with Crippen LogP contribution in [0.4, 0.5) is 0 Å². The molecule has 0 unspecified atom stereocenters. The van der Waals surface area contributed by atoms with Gasteiger partial charge in [0.05, 0.1) is 0 Å². The van der Waals surface area contributed by atoms with Gasteiger partial charge in [-0.1, -0.05) is 6.07 Å². The van der Waals surface area contributed by atoms with Gasteiger partial charge in [-0.2, -0.15) is 0 Å². The quantitative estimate of drug-likeness (QED) is 0.766. The molecule has 0 bridgehead atoms. The number of aliphatic hydroxyl groups is 1. The Kier molecular flexibility index (Phi) is 4.56. The molecule has 19 heavy (non-hydrogen) atoms. The van der Waals surface area contributed by atoms with Crippen LogP contribution in [0.2, 0.25) is 0 Å². The summed E-state index contributed by atoms with van der Waals surface area (Å²) in [5.41, 5.74) is 0. The molecule has 0 atom stereocenters. The first-order chi connectivity index (χ1) is 9.03. The summed E-state index contributed by atoms with van der Waals surface area (Å²) in [6.45, 7) is 1.31. The number of rotatable bonds is 6. The van der Waals surface area contributed by atoms with Crippen LogP contribution in [0.3, 0.4) is 0 Å². The fraction of sp³-hybridized carbons (Fsp3) is 0.545. The van der Waals surface area contributed by atoms with E-state index in [1.807, 2.05) is 0 Å². The molecule has 1 fully saturated rings. The number of aliphatic hydroxyl groups excluding tert-OH is 1. The van der Waals surface area contributed by atoms with E-state index in [4.69, 9.17) is 5.11 Å². The highest BCUT2D eigenvalue weighted by Gasteiger charge is 2.29. The third-order valence-corrected chi connectivity index (χ3v) is 5.82. The zero-order valence-corrected chi connectivity index (χ0v) is 11.9. The van der Waals surface area contributed by atoms with Crippen LogP contribution in [0, 0.1) is 5.92 Å². The molecule has 0 saturated carbocycles. The first kappa shape index (κ1) is 14.4. The van der Waals surface area contributed by atoms with Crippen molar-refractivity contribution in [2.75, 3.05) is 26.2 Å². The lowest BCUT2D eigenvalue weighted by molar-refractivity contribution is -0.138. The van der Waals surface area contributed by atoms with Gasteiger partial charge in [0.25, 0.3) is 0 Å². The lowest BCUT2D eigenvalue weighted by Crippen LogP contribution is -2.51. The summed E-state index contributed by atoms with van der Waals surface area (Å²) >= 11 is 1.14. The molecule has 0 aliphatic carbocycles. The second-order valence-electron chi connectivity index (χ2n) is 4.43. The molecule has 106 valence electrons. The van der Waals surface area contributed by atoms with Gasteiger partial charge in [-0.05, 0) is 11.4 Å². The molecular formula is C11H16N2O4S2. The van der Waals surface area contributed by atoms with Crippen molar-refractivity contribution in [1.29, 1.82) is 0 Å². The number of carbonyl (C=O) groups excluding carboxylic acids is 1. The molecule has 2 rings (SSSR count). The minimum atomic E-state index is -3.48. The molecule has 0 radical (unpaired) electrons. The number of sulfonamides is 1. The topological polar surface area (TPSA) is 86.7 Å². The maximum atomic E-state index is 11.8. The Morgan fingerprint density at radius 1 is 1.53 bits per heavy atom. The van der Waals surface area contributed by atoms with Gasteiger partial charge in [-0.15, -0.1) is 11.3 Å². The SMILES string of the molecule is O=C(CCNS(=O)(=O)c1cccs1)N1CC(CO)C1. The average Bonchev–Trinajstić information content (AvgIpc) is 2.81. The fourth-order valence-corrected chi connectivity index (χ4v) is 3.90. The van der Waals surface area contributed by atoms with Crippen LogP contribution in [-0.4, -0.2) is 50.6 Å². The minimum absolute atomic E-state index is 0.0846. The summed E-state index contributed by atoms with van der Waals surface area (Å²) in [4.78, 5) is 13.3. The number of likely N-dealkylation sites (tertiary alicyclic amines) is 1. The molecule has 6 nitrogen and oxygen atoms in total. The van der Waals surface area contributed by atoms with E-state index < -0.39 is 10.0 Å². The van der Waals surface area contributed by atoms with E-state index in [0.29, 0.717) is 13.1 Å². The maximum Gasteiger partial charge on any atom is 0.250 e. The van der Waals surface area contributed by atoms with E-state index in [-0.39, 0.29) is 35.6 Å². The van der Waals surface area contributed by atoms with Gasteiger partial charge >= 0.3 is 0 Å². The lowest BCUT2D eigenvalue weighted by atomic mass is 10.0. The Morgan fingerprint density at radius 2 is 2.26 bits per heavy atom. The van der Waals surface area contributed by atoms with Crippen LogP contribution < -0.4 is 4.72 Å². The summed E-state index contributed by atoms with van der Waals surface area (Å²) in [7, 11) is -3.48. The molecule has 0 aromatic carbocycles. The van der Waals surface area contributed by atoms with Crippen molar-refractivity contribution < 1.29 is 18.3 Å². The van der Waals surface area contributed by atoms with Crippen molar-refractivity contribution in [3.63, 3.8) is 0 Å². The van der Waals surface area contributed by atoms with Crippen LogP contribution in [0.1, 0.15) is 6.42 Å².